The minimum Gasteiger partial charge on any atom is -1.00 e. The number of carbonyl (C=O) groups is 3. The van der Waals surface area contributed by atoms with Crippen LogP contribution in [0.25, 0.3) is 0 Å². The molecule has 0 bridgehead atoms. The summed E-state index contributed by atoms with van der Waals surface area (Å²) < 4.78 is 42.2. The molecule has 0 amide bonds. The number of aliphatic hydroxyl groups excluding tert-OH is 12. The van der Waals surface area contributed by atoms with Gasteiger partial charge in [0.15, 0.2) is 17.3 Å². The van der Waals surface area contributed by atoms with Crippen molar-refractivity contribution in [3.63, 3.8) is 0 Å². The Bertz CT molecular complexity index is 986. The van der Waals surface area contributed by atoms with E-state index in [9.17, 15) is 28.1 Å². The molecule has 27 nitrogen and oxygen atoms in total. The standard InChI is InChI=1S/3C6H13O9P.3Na.3H/c3*7-1-3(8)5(10)6(11)4(9)2-15-16(12,13)14;;;;;;/h3*4-7,9-11H,1-2H2,(H2,12,13,14);;;;;;/q;;;3*+1;3*-1/t3*4-,5-,6-;;;;;;/m111....../s1. The van der Waals surface area contributed by atoms with Crippen LogP contribution in [0.2, 0.25) is 0 Å². The van der Waals surface area contributed by atoms with Gasteiger partial charge >= 0.3 is 112 Å². The number of phosphoric ester groups is 3. The van der Waals surface area contributed by atoms with E-state index in [-0.39, 0.29) is 93.0 Å². The van der Waals surface area contributed by atoms with Crippen LogP contribution in [0, 0.1) is 0 Å². The van der Waals surface area contributed by atoms with E-state index in [1.54, 1.807) is 0 Å². The fourth-order valence-electron chi connectivity index (χ4n) is 2.30. The molecule has 0 saturated heterocycles. The van der Waals surface area contributed by atoms with E-state index in [0.717, 1.165) is 0 Å². The molecule has 33 heteroatoms. The molecule has 0 saturated carbocycles. The molecule has 9 atom stereocenters. The van der Waals surface area contributed by atoms with E-state index in [0.29, 0.717) is 0 Å². The van der Waals surface area contributed by atoms with Gasteiger partial charge in [0.2, 0.25) is 0 Å². The SMILES string of the molecule is O=C(CO)[C@@H](O)[C@H](O)[C@H](O)COP(=O)(O)O.O=C(CO)[C@@H](O)[C@H](O)[C@H](O)COP(=O)(O)O.O=C(CO)[C@@H](O)[C@H](O)[C@H](O)COP(=O)(O)O.[H-].[H-].[H-].[Na+].[Na+].[Na+]. The third-order valence-corrected chi connectivity index (χ3v) is 6.31. The first-order chi connectivity index (χ1) is 21.6. The van der Waals surface area contributed by atoms with E-state index in [2.05, 4.69) is 13.6 Å². The molecule has 294 valence electrons. The summed E-state index contributed by atoms with van der Waals surface area (Å²) in [5.41, 5.74) is 0. The third-order valence-electron chi connectivity index (χ3n) is 4.85. The van der Waals surface area contributed by atoms with Crippen molar-refractivity contribution >= 4 is 40.8 Å². The predicted octanol–water partition coefficient (Wildman–Crippen LogP) is -18.4. The molecule has 0 aliphatic carbocycles. The molecule has 0 aliphatic rings. The summed E-state index contributed by atoms with van der Waals surface area (Å²) in [4.78, 5) is 81.7. The first-order valence-corrected chi connectivity index (χ1v) is 16.8. The molecule has 51 heavy (non-hydrogen) atoms. The molecular weight excluding hydrogens is 810 g/mol. The first kappa shape index (κ1) is 64.7. The second-order valence-corrected chi connectivity index (χ2v) is 12.5. The predicted molar refractivity (Wildman–Crippen MR) is 148 cm³/mol. The number of rotatable bonds is 21. The summed E-state index contributed by atoms with van der Waals surface area (Å²) in [6.07, 6.45) is -17.8. The average Bonchev–Trinajstić information content (AvgIpc) is 3.00. The zero-order chi connectivity index (χ0) is 38.8. The summed E-state index contributed by atoms with van der Waals surface area (Å²) in [6.45, 7) is -6.03. The second-order valence-electron chi connectivity index (χ2n) is 8.74. The maximum atomic E-state index is 10.7. The smallest absolute Gasteiger partial charge is 1.00 e. The number of carbonyl (C=O) groups excluding carboxylic acids is 3. The molecule has 18 N–H and O–H groups in total. The maximum Gasteiger partial charge on any atom is 1.00 e. The molecule has 0 aromatic heterocycles. The van der Waals surface area contributed by atoms with E-state index < -0.39 is 135 Å². The average molecular weight is 852 g/mol. The Morgan fingerprint density at radius 2 is 0.588 bits per heavy atom. The van der Waals surface area contributed by atoms with Gasteiger partial charge in [-0.2, -0.15) is 0 Å². The van der Waals surface area contributed by atoms with Crippen molar-refractivity contribution in [3.8, 4) is 0 Å². The Kier molecular flexibility index (Phi) is 40.5. The van der Waals surface area contributed by atoms with Gasteiger partial charge in [0, 0.05) is 0 Å². The van der Waals surface area contributed by atoms with Crippen molar-refractivity contribution < 1.29 is 225 Å². The van der Waals surface area contributed by atoms with Crippen molar-refractivity contribution in [2.45, 2.75) is 54.9 Å². The number of Topliss-reactive ketones (excluding diaryl/α,β-unsaturated/α-hetero) is 3. The number of aliphatic hydroxyl groups is 12. The Labute approximate surface area is 357 Å². The van der Waals surface area contributed by atoms with Crippen molar-refractivity contribution in [2.24, 2.45) is 0 Å². The van der Waals surface area contributed by atoms with Crippen LogP contribution in [0.3, 0.4) is 0 Å². The van der Waals surface area contributed by atoms with Crippen LogP contribution in [0.4, 0.5) is 0 Å². The van der Waals surface area contributed by atoms with Crippen LogP contribution in [0.15, 0.2) is 0 Å². The third kappa shape index (κ3) is 33.7. The largest absolute Gasteiger partial charge is 1.00 e. The Balaban J connectivity index is -0.0000000761. The quantitative estimate of drug-likeness (QED) is 0.0376. The van der Waals surface area contributed by atoms with E-state index in [4.69, 9.17) is 90.6 Å². The molecule has 0 unspecified atom stereocenters. The fraction of sp³-hybridized carbons (Fsp3) is 0.833. The Morgan fingerprint density at radius 1 is 0.431 bits per heavy atom. The minimum absolute atomic E-state index is 0. The first-order valence-electron chi connectivity index (χ1n) is 12.2. The van der Waals surface area contributed by atoms with Crippen LogP contribution in [0.1, 0.15) is 4.28 Å². The van der Waals surface area contributed by atoms with Gasteiger partial charge in [0.1, 0.15) is 74.8 Å². The zero-order valence-electron chi connectivity index (χ0n) is 30.0. The molecule has 0 aromatic carbocycles. The van der Waals surface area contributed by atoms with Gasteiger partial charge in [-0.1, -0.05) is 0 Å². The topological polar surface area (TPSA) is 494 Å². The molecule has 0 radical (unpaired) electrons. The normalized spacial score (nSPS) is 16.8. The monoisotopic (exact) mass is 852 g/mol. The minimum atomic E-state index is -4.81. The summed E-state index contributed by atoms with van der Waals surface area (Å²) >= 11 is 0. The maximum absolute atomic E-state index is 10.7. The Morgan fingerprint density at radius 3 is 0.706 bits per heavy atom. The van der Waals surface area contributed by atoms with Crippen LogP contribution >= 0.6 is 23.5 Å². The van der Waals surface area contributed by atoms with Gasteiger partial charge in [0.05, 0.1) is 19.8 Å². The second kappa shape index (κ2) is 31.9. The van der Waals surface area contributed by atoms with Crippen molar-refractivity contribution in [1.82, 2.24) is 0 Å². The summed E-state index contributed by atoms with van der Waals surface area (Å²) in [6, 6.07) is 0. The number of hydrogen-bond donors (Lipinski definition) is 18. The van der Waals surface area contributed by atoms with Crippen molar-refractivity contribution in [2.75, 3.05) is 39.6 Å². The van der Waals surface area contributed by atoms with E-state index in [1.165, 1.54) is 0 Å². The fourth-order valence-corrected chi connectivity index (χ4v) is 3.34. The van der Waals surface area contributed by atoms with Gasteiger partial charge in [0.25, 0.3) is 0 Å². The van der Waals surface area contributed by atoms with Crippen LogP contribution < -0.4 is 88.7 Å². The van der Waals surface area contributed by atoms with Crippen LogP contribution in [-0.2, 0) is 41.6 Å². The Hall–Kier alpha value is 1.86. The number of hydrogen-bond acceptors (Lipinski definition) is 21. The summed E-state index contributed by atoms with van der Waals surface area (Å²) in [7, 11) is -14.4. The number of ketones is 3. The summed E-state index contributed by atoms with van der Waals surface area (Å²) in [5.74, 6) is -3.41. The summed E-state index contributed by atoms with van der Waals surface area (Å²) in [5, 5.41) is 107. The van der Waals surface area contributed by atoms with Crippen molar-refractivity contribution in [3.05, 3.63) is 0 Å². The molecule has 0 spiro atoms. The van der Waals surface area contributed by atoms with Gasteiger partial charge < -0.3 is 94.9 Å². The van der Waals surface area contributed by atoms with Gasteiger partial charge in [-0.3, -0.25) is 28.0 Å². The van der Waals surface area contributed by atoms with Gasteiger partial charge in [-0.15, -0.1) is 0 Å². The van der Waals surface area contributed by atoms with Crippen LogP contribution in [0.5, 0.6) is 0 Å². The van der Waals surface area contributed by atoms with E-state index >= 15 is 0 Å². The molecular formula is C18H42Na3O27P3. The molecule has 0 fully saturated rings. The molecule has 0 heterocycles. The van der Waals surface area contributed by atoms with E-state index in [1.807, 2.05) is 0 Å². The molecule has 0 rings (SSSR count). The molecule has 0 aromatic rings. The number of phosphoric acid groups is 3. The molecule has 0 aliphatic heterocycles. The zero-order valence-corrected chi connectivity index (χ0v) is 35.7. The van der Waals surface area contributed by atoms with Crippen LogP contribution in [-0.4, -0.2) is 203 Å². The van der Waals surface area contributed by atoms with Gasteiger partial charge in [-0.05, 0) is 0 Å². The van der Waals surface area contributed by atoms with Crippen molar-refractivity contribution in [1.29, 1.82) is 0 Å². The van der Waals surface area contributed by atoms with Gasteiger partial charge in [-0.25, -0.2) is 13.7 Å².